The van der Waals surface area contributed by atoms with Gasteiger partial charge in [-0.25, -0.2) is 8.42 Å². The molecule has 0 spiro atoms. The average molecular weight is 285 g/mol. The molecule has 1 atom stereocenters. The van der Waals surface area contributed by atoms with Gasteiger partial charge in [0, 0.05) is 23.9 Å². The van der Waals surface area contributed by atoms with E-state index in [1.165, 1.54) is 0 Å². The van der Waals surface area contributed by atoms with Crippen LogP contribution in [0.2, 0.25) is 0 Å². The van der Waals surface area contributed by atoms with Gasteiger partial charge in [-0.05, 0) is 19.4 Å². The number of sulfone groups is 1. The van der Waals surface area contributed by atoms with Gasteiger partial charge in [0.25, 0.3) is 0 Å². The van der Waals surface area contributed by atoms with Crippen LogP contribution in [-0.4, -0.2) is 33.6 Å². The van der Waals surface area contributed by atoms with Crippen LogP contribution in [0.25, 0.3) is 0 Å². The first-order chi connectivity index (χ1) is 9.00. The summed E-state index contributed by atoms with van der Waals surface area (Å²) >= 11 is 0. The number of nitrogens with one attached hydrogen (secondary N) is 1. The van der Waals surface area contributed by atoms with Crippen molar-refractivity contribution in [2.75, 3.05) is 25.2 Å². The van der Waals surface area contributed by atoms with Gasteiger partial charge < -0.3 is 10.1 Å². The van der Waals surface area contributed by atoms with E-state index >= 15 is 0 Å². The zero-order valence-corrected chi connectivity index (χ0v) is 12.7. The third-order valence-electron chi connectivity index (χ3n) is 2.98. The van der Waals surface area contributed by atoms with Crippen LogP contribution < -0.4 is 10.1 Å². The Labute approximate surface area is 116 Å². The maximum absolute atomic E-state index is 11.6. The number of methoxy groups -OCH3 is 1. The summed E-state index contributed by atoms with van der Waals surface area (Å²) in [6, 6.07) is 7.82. The minimum Gasteiger partial charge on any atom is -0.496 e. The second-order valence-electron chi connectivity index (χ2n) is 4.57. The largest absolute Gasteiger partial charge is 0.496 e. The highest BCUT2D eigenvalue weighted by Crippen LogP contribution is 2.23. The maximum Gasteiger partial charge on any atom is 0.151 e. The number of para-hydroxylation sites is 1. The molecule has 0 aromatic heterocycles. The molecule has 0 amide bonds. The van der Waals surface area contributed by atoms with Crippen molar-refractivity contribution in [3.63, 3.8) is 0 Å². The Morgan fingerprint density at radius 1 is 1.26 bits per heavy atom. The molecule has 5 heteroatoms. The zero-order valence-electron chi connectivity index (χ0n) is 11.8. The molecule has 0 radical (unpaired) electrons. The van der Waals surface area contributed by atoms with E-state index in [9.17, 15) is 8.42 Å². The number of hydrogen-bond acceptors (Lipinski definition) is 4. The van der Waals surface area contributed by atoms with E-state index in [0.717, 1.165) is 11.3 Å². The zero-order chi connectivity index (χ0) is 14.3. The number of rotatable bonds is 8. The molecule has 0 saturated carbocycles. The van der Waals surface area contributed by atoms with Crippen molar-refractivity contribution in [2.45, 2.75) is 26.3 Å². The van der Waals surface area contributed by atoms with Crippen molar-refractivity contribution in [3.8, 4) is 5.75 Å². The van der Waals surface area contributed by atoms with Crippen molar-refractivity contribution in [3.05, 3.63) is 29.8 Å². The number of hydrogen-bond donors (Lipinski definition) is 1. The second kappa shape index (κ2) is 7.50. The fraction of sp³-hybridized carbons (Fsp3) is 0.571. The summed E-state index contributed by atoms with van der Waals surface area (Å²) in [4.78, 5) is 0. The van der Waals surface area contributed by atoms with Gasteiger partial charge in [-0.15, -0.1) is 0 Å². The summed E-state index contributed by atoms with van der Waals surface area (Å²) in [6.07, 6.45) is 0.671. The van der Waals surface area contributed by atoms with E-state index in [4.69, 9.17) is 4.74 Å². The van der Waals surface area contributed by atoms with Crippen molar-refractivity contribution in [1.82, 2.24) is 5.32 Å². The molecule has 0 fully saturated rings. The lowest BCUT2D eigenvalue weighted by Crippen LogP contribution is -2.27. The molecule has 1 aromatic rings. The quantitative estimate of drug-likeness (QED) is 0.795. The lowest BCUT2D eigenvalue weighted by molar-refractivity contribution is 0.402. The Morgan fingerprint density at radius 3 is 2.58 bits per heavy atom. The Hall–Kier alpha value is -1.07. The third-order valence-corrected chi connectivity index (χ3v) is 4.84. The van der Waals surface area contributed by atoms with Gasteiger partial charge in [0.2, 0.25) is 0 Å². The van der Waals surface area contributed by atoms with Gasteiger partial charge in [-0.2, -0.15) is 0 Å². The van der Waals surface area contributed by atoms with Crippen molar-refractivity contribution in [1.29, 1.82) is 0 Å². The van der Waals surface area contributed by atoms with Crippen LogP contribution in [0.5, 0.6) is 5.75 Å². The second-order valence-corrected chi connectivity index (χ2v) is 6.87. The first-order valence-corrected chi connectivity index (χ1v) is 8.39. The van der Waals surface area contributed by atoms with E-state index in [2.05, 4.69) is 5.32 Å². The average Bonchev–Trinajstić information content (AvgIpc) is 2.38. The van der Waals surface area contributed by atoms with Gasteiger partial charge in [0.05, 0.1) is 12.9 Å². The van der Waals surface area contributed by atoms with Crippen LogP contribution in [0.1, 0.15) is 31.9 Å². The molecule has 4 nitrogen and oxygen atoms in total. The summed E-state index contributed by atoms with van der Waals surface area (Å²) in [5.74, 6) is 1.26. The van der Waals surface area contributed by atoms with Gasteiger partial charge in [-0.1, -0.05) is 25.1 Å². The summed E-state index contributed by atoms with van der Waals surface area (Å²) in [5, 5.41) is 3.23. The van der Waals surface area contributed by atoms with Crippen molar-refractivity contribution in [2.24, 2.45) is 0 Å². The van der Waals surface area contributed by atoms with Crippen LogP contribution >= 0.6 is 0 Å². The Kier molecular flexibility index (Phi) is 6.31. The summed E-state index contributed by atoms with van der Waals surface area (Å²) in [7, 11) is -1.28. The molecule has 0 aliphatic rings. The van der Waals surface area contributed by atoms with E-state index in [0.29, 0.717) is 13.0 Å². The molecule has 0 bridgehead atoms. The normalized spacial score (nSPS) is 13.2. The van der Waals surface area contributed by atoms with Crippen molar-refractivity contribution >= 4 is 9.84 Å². The molecule has 0 saturated heterocycles. The molecule has 0 aliphatic carbocycles. The van der Waals surface area contributed by atoms with E-state index in [-0.39, 0.29) is 17.5 Å². The predicted molar refractivity (Wildman–Crippen MR) is 78.4 cm³/mol. The van der Waals surface area contributed by atoms with Gasteiger partial charge in [0.1, 0.15) is 5.75 Å². The predicted octanol–water partition coefficient (Wildman–Crippen LogP) is 2.17. The minimum absolute atomic E-state index is 0.0629. The van der Waals surface area contributed by atoms with Crippen LogP contribution in [0.4, 0.5) is 0 Å². The first-order valence-electron chi connectivity index (χ1n) is 6.57. The lowest BCUT2D eigenvalue weighted by Gasteiger charge is -2.17. The van der Waals surface area contributed by atoms with Gasteiger partial charge in [0.15, 0.2) is 9.84 Å². The minimum atomic E-state index is -2.92. The highest BCUT2D eigenvalue weighted by atomic mass is 32.2. The fourth-order valence-corrected chi connectivity index (χ4v) is 3.23. The SMILES string of the molecule is CCCS(=O)(=O)CCN[C@@H](C)c1ccccc1OC. The summed E-state index contributed by atoms with van der Waals surface area (Å²) < 4.78 is 28.5. The Bertz CT molecular complexity index is 485. The number of benzene rings is 1. The molecule has 0 heterocycles. The summed E-state index contributed by atoms with van der Waals surface area (Å²) in [5.41, 5.74) is 1.04. The standard InChI is InChI=1S/C14H23NO3S/c1-4-10-19(16,17)11-9-15-12(2)13-7-5-6-8-14(13)18-3/h5-8,12,15H,4,9-11H2,1-3H3/t12-/m0/s1. The fourth-order valence-electron chi connectivity index (χ4n) is 1.98. The third kappa shape index (κ3) is 5.20. The van der Waals surface area contributed by atoms with Crippen molar-refractivity contribution < 1.29 is 13.2 Å². The van der Waals surface area contributed by atoms with E-state index < -0.39 is 9.84 Å². The smallest absolute Gasteiger partial charge is 0.151 e. The van der Waals surface area contributed by atoms with Gasteiger partial charge in [-0.3, -0.25) is 0 Å². The molecular formula is C14H23NO3S. The highest BCUT2D eigenvalue weighted by Gasteiger charge is 2.13. The molecule has 1 aromatic carbocycles. The lowest BCUT2D eigenvalue weighted by atomic mass is 10.1. The topological polar surface area (TPSA) is 55.4 Å². The van der Waals surface area contributed by atoms with E-state index in [1.807, 2.05) is 38.1 Å². The summed E-state index contributed by atoms with van der Waals surface area (Å²) in [6.45, 7) is 4.34. The molecule has 108 valence electrons. The monoisotopic (exact) mass is 285 g/mol. The van der Waals surface area contributed by atoms with Crippen LogP contribution in [0.15, 0.2) is 24.3 Å². The first kappa shape index (κ1) is 16.0. The molecule has 1 rings (SSSR count). The highest BCUT2D eigenvalue weighted by molar-refractivity contribution is 7.91. The van der Waals surface area contributed by atoms with Crippen LogP contribution in [-0.2, 0) is 9.84 Å². The molecule has 19 heavy (non-hydrogen) atoms. The molecule has 0 aliphatic heterocycles. The molecule has 1 N–H and O–H groups in total. The number of ether oxygens (including phenoxy) is 1. The maximum atomic E-state index is 11.6. The van der Waals surface area contributed by atoms with Gasteiger partial charge >= 0.3 is 0 Å². The van der Waals surface area contributed by atoms with E-state index in [1.54, 1.807) is 7.11 Å². The van der Waals surface area contributed by atoms with Crippen LogP contribution in [0.3, 0.4) is 0 Å². The Morgan fingerprint density at radius 2 is 1.95 bits per heavy atom. The Balaban J connectivity index is 2.54. The molecular weight excluding hydrogens is 262 g/mol. The van der Waals surface area contributed by atoms with Crippen LogP contribution in [0, 0.1) is 0 Å². The molecule has 0 unspecified atom stereocenters.